The van der Waals surface area contributed by atoms with Gasteiger partial charge in [0.25, 0.3) is 5.16 Å². The maximum absolute atomic E-state index is 13.0. The summed E-state index contributed by atoms with van der Waals surface area (Å²) in [5.74, 6) is 0. The molecule has 2 aromatic heterocycles. The number of anilines is 1. The van der Waals surface area contributed by atoms with Gasteiger partial charge < -0.3 is 9.88 Å². The average molecular weight is 377 g/mol. The van der Waals surface area contributed by atoms with E-state index in [2.05, 4.69) is 19.9 Å². The van der Waals surface area contributed by atoms with E-state index < -0.39 is 9.84 Å². The minimum Gasteiger partial charge on any atom is -0.371 e. The second-order valence-corrected chi connectivity index (χ2v) is 8.41. The predicted molar refractivity (Wildman–Crippen MR) is 97.0 cm³/mol. The van der Waals surface area contributed by atoms with Crippen LogP contribution in [0.3, 0.4) is 0 Å². The lowest BCUT2D eigenvalue weighted by Crippen LogP contribution is -2.19. The van der Waals surface area contributed by atoms with Gasteiger partial charge in [-0.2, -0.15) is 0 Å². The van der Waals surface area contributed by atoms with Crippen LogP contribution < -0.4 is 4.90 Å². The van der Waals surface area contributed by atoms with Gasteiger partial charge in [-0.1, -0.05) is 11.6 Å². The zero-order valence-electron chi connectivity index (χ0n) is 13.7. The van der Waals surface area contributed by atoms with Crippen molar-refractivity contribution in [2.45, 2.75) is 29.8 Å². The number of benzene rings is 1. The Hall–Kier alpha value is -2.12. The number of H-pyrrole nitrogens is 1. The van der Waals surface area contributed by atoms with Gasteiger partial charge in [0, 0.05) is 25.0 Å². The first-order valence-electron chi connectivity index (χ1n) is 8.07. The van der Waals surface area contributed by atoms with E-state index in [4.69, 9.17) is 11.6 Å². The summed E-state index contributed by atoms with van der Waals surface area (Å²) < 4.78 is 25.9. The molecule has 6 nitrogen and oxygen atoms in total. The highest BCUT2D eigenvalue weighted by molar-refractivity contribution is 7.91. The molecule has 130 valence electrons. The van der Waals surface area contributed by atoms with Crippen molar-refractivity contribution >= 4 is 38.2 Å². The van der Waals surface area contributed by atoms with Crippen LogP contribution in [0.15, 0.2) is 40.6 Å². The third kappa shape index (κ3) is 2.77. The molecule has 3 heterocycles. The molecule has 1 aliphatic heterocycles. The molecule has 1 aromatic carbocycles. The monoisotopic (exact) mass is 376 g/mol. The summed E-state index contributed by atoms with van der Waals surface area (Å²) >= 11 is 6.34. The van der Waals surface area contributed by atoms with E-state index in [0.29, 0.717) is 11.0 Å². The first-order valence-corrected chi connectivity index (χ1v) is 9.93. The van der Waals surface area contributed by atoms with Crippen LogP contribution in [0.4, 0.5) is 5.69 Å². The molecule has 0 amide bonds. The Morgan fingerprint density at radius 1 is 1.24 bits per heavy atom. The first-order chi connectivity index (χ1) is 12.0. The zero-order chi connectivity index (χ0) is 17.6. The number of hydrogen-bond acceptors (Lipinski definition) is 5. The highest BCUT2D eigenvalue weighted by Crippen LogP contribution is 2.34. The quantitative estimate of drug-likeness (QED) is 0.709. The van der Waals surface area contributed by atoms with Crippen molar-refractivity contribution in [3.05, 3.63) is 41.2 Å². The second-order valence-electron chi connectivity index (χ2n) is 6.20. The van der Waals surface area contributed by atoms with Crippen molar-refractivity contribution in [2.75, 3.05) is 18.0 Å². The van der Waals surface area contributed by atoms with Crippen LogP contribution in [-0.2, 0) is 9.84 Å². The molecule has 3 aromatic rings. The number of sulfone groups is 1. The molecule has 1 fully saturated rings. The molecule has 0 atom stereocenters. The van der Waals surface area contributed by atoms with Crippen LogP contribution in [-0.4, -0.2) is 36.5 Å². The van der Waals surface area contributed by atoms with Gasteiger partial charge in [0.05, 0.1) is 27.1 Å². The fourth-order valence-electron chi connectivity index (χ4n) is 3.20. The number of fused-ring (bicyclic) bond motifs is 1. The Kier molecular flexibility index (Phi) is 3.92. The lowest BCUT2D eigenvalue weighted by Gasteiger charge is -2.21. The molecule has 0 aliphatic carbocycles. The molecule has 0 bridgehead atoms. The van der Waals surface area contributed by atoms with Crippen LogP contribution in [0.2, 0.25) is 5.02 Å². The molecule has 1 N–H and O–H groups in total. The highest BCUT2D eigenvalue weighted by atomic mass is 35.5. The van der Waals surface area contributed by atoms with Gasteiger partial charge >= 0.3 is 0 Å². The highest BCUT2D eigenvalue weighted by Gasteiger charge is 2.26. The smallest absolute Gasteiger partial charge is 0.252 e. The topological polar surface area (TPSA) is 79.0 Å². The molecule has 4 rings (SSSR count). The van der Waals surface area contributed by atoms with Gasteiger partial charge in [0.2, 0.25) is 9.84 Å². The van der Waals surface area contributed by atoms with E-state index in [-0.39, 0.29) is 15.1 Å². The van der Waals surface area contributed by atoms with Crippen LogP contribution >= 0.6 is 11.6 Å². The van der Waals surface area contributed by atoms with Gasteiger partial charge in [-0.3, -0.25) is 0 Å². The van der Waals surface area contributed by atoms with Crippen LogP contribution in [0.25, 0.3) is 11.0 Å². The number of nitrogens with zero attached hydrogens (tertiary/aromatic N) is 3. The molecule has 0 unspecified atom stereocenters. The lowest BCUT2D eigenvalue weighted by molar-refractivity contribution is 0.587. The molecule has 8 heteroatoms. The average Bonchev–Trinajstić information content (AvgIpc) is 3.26. The minimum atomic E-state index is -3.89. The fourth-order valence-corrected chi connectivity index (χ4v) is 4.92. The van der Waals surface area contributed by atoms with Crippen LogP contribution in [0.5, 0.6) is 0 Å². The third-order valence-electron chi connectivity index (χ3n) is 4.50. The molecule has 0 radical (unpaired) electrons. The normalized spacial score (nSPS) is 15.2. The van der Waals surface area contributed by atoms with E-state index in [1.165, 1.54) is 6.20 Å². The number of hydrogen-bond donors (Lipinski definition) is 1. The van der Waals surface area contributed by atoms with Crippen molar-refractivity contribution in [1.82, 2.24) is 15.0 Å². The minimum absolute atomic E-state index is 0.0458. The number of nitrogens with one attached hydrogen (secondary N) is 1. The number of rotatable bonds is 3. The summed E-state index contributed by atoms with van der Waals surface area (Å²) in [6, 6.07) is 5.07. The van der Waals surface area contributed by atoms with Crippen LogP contribution in [0.1, 0.15) is 18.4 Å². The van der Waals surface area contributed by atoms with Gasteiger partial charge in [0.15, 0.2) is 0 Å². The Labute approximate surface area is 150 Å². The van der Waals surface area contributed by atoms with Crippen molar-refractivity contribution in [3.63, 3.8) is 0 Å². The van der Waals surface area contributed by atoms with Crippen molar-refractivity contribution in [1.29, 1.82) is 0 Å². The van der Waals surface area contributed by atoms with Crippen molar-refractivity contribution in [3.8, 4) is 0 Å². The van der Waals surface area contributed by atoms with Gasteiger partial charge in [-0.15, -0.1) is 0 Å². The lowest BCUT2D eigenvalue weighted by atomic mass is 10.2. The largest absolute Gasteiger partial charge is 0.371 e. The summed E-state index contributed by atoms with van der Waals surface area (Å²) in [5, 5.41) is -0.0416. The summed E-state index contributed by atoms with van der Waals surface area (Å²) in [7, 11) is -3.89. The maximum Gasteiger partial charge on any atom is 0.252 e. The number of halogens is 1. The molecule has 0 spiro atoms. The van der Waals surface area contributed by atoms with E-state index in [1.54, 1.807) is 24.4 Å². The van der Waals surface area contributed by atoms with Crippen molar-refractivity contribution in [2.24, 2.45) is 0 Å². The Balaban J connectivity index is 1.80. The number of aromatic amines is 1. The van der Waals surface area contributed by atoms with Gasteiger partial charge in [0.1, 0.15) is 0 Å². The third-order valence-corrected chi connectivity index (χ3v) is 6.52. The number of aryl methyl sites for hydroxylation is 1. The Morgan fingerprint density at radius 3 is 2.76 bits per heavy atom. The molecule has 1 saturated heterocycles. The molecule has 25 heavy (non-hydrogen) atoms. The molecule has 0 saturated carbocycles. The van der Waals surface area contributed by atoms with Gasteiger partial charge in [-0.05, 0) is 43.5 Å². The van der Waals surface area contributed by atoms with E-state index >= 15 is 0 Å². The summed E-state index contributed by atoms with van der Waals surface area (Å²) in [6.07, 6.45) is 5.44. The Bertz CT molecular complexity index is 1060. The van der Waals surface area contributed by atoms with E-state index in [1.807, 2.05) is 6.92 Å². The van der Waals surface area contributed by atoms with Crippen molar-refractivity contribution < 1.29 is 8.42 Å². The number of aromatic nitrogens is 3. The first kappa shape index (κ1) is 16.4. The summed E-state index contributed by atoms with van der Waals surface area (Å²) in [4.78, 5) is 13.4. The SMILES string of the molecule is Cc1cc(S(=O)(=O)c2ncc3[nH]ccc3n2)c(Cl)cc1N1CCCC1. The van der Waals surface area contributed by atoms with E-state index in [0.717, 1.165) is 37.2 Å². The van der Waals surface area contributed by atoms with Gasteiger partial charge in [-0.25, -0.2) is 18.4 Å². The zero-order valence-corrected chi connectivity index (χ0v) is 15.2. The predicted octanol–water partition coefficient (Wildman–Crippen LogP) is 3.35. The van der Waals surface area contributed by atoms with Crippen LogP contribution in [0, 0.1) is 6.92 Å². The maximum atomic E-state index is 13.0. The standard InChI is InChI=1S/C17H17ClN4O2S/c1-11-8-16(12(18)9-15(11)22-6-2-3-7-22)25(23,24)17-20-10-14-13(21-17)4-5-19-14/h4-5,8-10,19H,2-3,6-7H2,1H3. The molecular formula is C17H17ClN4O2S. The molecular weight excluding hydrogens is 360 g/mol. The Morgan fingerprint density at radius 2 is 2.00 bits per heavy atom. The van der Waals surface area contributed by atoms with E-state index in [9.17, 15) is 8.42 Å². The fraction of sp³-hybridized carbons (Fsp3) is 0.294. The summed E-state index contributed by atoms with van der Waals surface area (Å²) in [6.45, 7) is 3.84. The summed E-state index contributed by atoms with van der Waals surface area (Å²) in [5.41, 5.74) is 3.11. The molecule has 1 aliphatic rings. The second kappa shape index (κ2) is 6.00.